The molecular weight excluding hydrogens is 246 g/mol. The maximum atomic E-state index is 11.9. The molecule has 2 heterocycles. The zero-order valence-corrected chi connectivity index (χ0v) is 12.2. The average molecular weight is 271 g/mol. The highest BCUT2D eigenvalue weighted by Crippen LogP contribution is 2.14. The normalized spacial score (nSPS) is 26.1. The van der Waals surface area contributed by atoms with Crippen molar-refractivity contribution in [3.05, 3.63) is 0 Å². The predicted molar refractivity (Wildman–Crippen MR) is 77.1 cm³/mol. The van der Waals surface area contributed by atoms with E-state index in [4.69, 9.17) is 0 Å². The van der Waals surface area contributed by atoms with Gasteiger partial charge in [0.2, 0.25) is 0 Å². The molecule has 0 saturated carbocycles. The number of hydrogen-bond acceptors (Lipinski definition) is 3. The van der Waals surface area contributed by atoms with E-state index in [2.05, 4.69) is 17.1 Å². The van der Waals surface area contributed by atoms with Crippen molar-refractivity contribution in [3.63, 3.8) is 0 Å². The number of nitrogens with zero attached hydrogens (tertiary/aromatic N) is 2. The van der Waals surface area contributed by atoms with Crippen molar-refractivity contribution in [2.24, 2.45) is 5.92 Å². The summed E-state index contributed by atoms with van der Waals surface area (Å²) in [6, 6.07) is 0.125. The van der Waals surface area contributed by atoms with Crippen LogP contribution >= 0.6 is 11.8 Å². The Morgan fingerprint density at radius 2 is 2.11 bits per heavy atom. The Labute approximate surface area is 114 Å². The molecule has 2 saturated heterocycles. The van der Waals surface area contributed by atoms with Crippen LogP contribution in [0.25, 0.3) is 0 Å². The Morgan fingerprint density at radius 3 is 2.83 bits per heavy atom. The van der Waals surface area contributed by atoms with Crippen molar-refractivity contribution in [3.8, 4) is 0 Å². The van der Waals surface area contributed by atoms with Gasteiger partial charge in [-0.3, -0.25) is 0 Å². The first kappa shape index (κ1) is 14.0. The lowest BCUT2D eigenvalue weighted by Crippen LogP contribution is -2.47. The fourth-order valence-electron chi connectivity index (χ4n) is 2.69. The summed E-state index contributed by atoms with van der Waals surface area (Å²) in [6.07, 6.45) is 2.66. The topological polar surface area (TPSA) is 35.6 Å². The smallest absolute Gasteiger partial charge is 0.317 e. The first-order valence-corrected chi connectivity index (χ1v) is 8.24. The van der Waals surface area contributed by atoms with Crippen molar-refractivity contribution < 1.29 is 4.79 Å². The number of likely N-dealkylation sites (tertiary alicyclic amines) is 1. The lowest BCUT2D eigenvalue weighted by Gasteiger charge is -2.31. The maximum Gasteiger partial charge on any atom is 0.317 e. The molecule has 2 rings (SSSR count). The molecule has 1 unspecified atom stereocenters. The van der Waals surface area contributed by atoms with E-state index in [9.17, 15) is 4.79 Å². The minimum atomic E-state index is 0.125. The van der Waals surface area contributed by atoms with E-state index >= 15 is 0 Å². The van der Waals surface area contributed by atoms with Crippen LogP contribution in [0.2, 0.25) is 0 Å². The Morgan fingerprint density at radius 1 is 1.33 bits per heavy atom. The van der Waals surface area contributed by atoms with Gasteiger partial charge in [0.1, 0.15) is 0 Å². The van der Waals surface area contributed by atoms with Gasteiger partial charge in [0.15, 0.2) is 0 Å². The van der Waals surface area contributed by atoms with Crippen LogP contribution < -0.4 is 5.32 Å². The minimum Gasteiger partial charge on any atom is -0.337 e. The number of hydrogen-bond donors (Lipinski definition) is 1. The number of amides is 2. The van der Waals surface area contributed by atoms with Crippen LogP contribution in [0.1, 0.15) is 19.8 Å². The Hall–Kier alpha value is -0.420. The number of piperidine rings is 1. The van der Waals surface area contributed by atoms with E-state index in [1.807, 2.05) is 16.7 Å². The molecule has 4 nitrogen and oxygen atoms in total. The van der Waals surface area contributed by atoms with E-state index in [0.717, 1.165) is 43.6 Å². The average Bonchev–Trinajstić information content (AvgIpc) is 2.40. The second kappa shape index (κ2) is 7.24. The molecule has 0 radical (unpaired) electrons. The molecule has 0 aromatic carbocycles. The van der Waals surface area contributed by atoms with Crippen LogP contribution in [0.5, 0.6) is 0 Å². The molecule has 0 spiro atoms. The van der Waals surface area contributed by atoms with E-state index in [0.29, 0.717) is 0 Å². The molecule has 2 aliphatic heterocycles. The van der Waals surface area contributed by atoms with Gasteiger partial charge in [0.25, 0.3) is 0 Å². The number of nitrogens with one attached hydrogen (secondary N) is 1. The van der Waals surface area contributed by atoms with Gasteiger partial charge in [-0.15, -0.1) is 0 Å². The number of thioether (sulfide) groups is 1. The molecular formula is C13H25N3OS. The van der Waals surface area contributed by atoms with Gasteiger partial charge in [-0.25, -0.2) is 4.79 Å². The molecule has 2 aliphatic rings. The Balaban J connectivity index is 1.60. The van der Waals surface area contributed by atoms with Crippen LogP contribution in [0, 0.1) is 5.92 Å². The first-order chi connectivity index (χ1) is 8.75. The molecule has 1 atom stereocenters. The highest BCUT2D eigenvalue weighted by Gasteiger charge is 2.18. The molecule has 5 heteroatoms. The van der Waals surface area contributed by atoms with Gasteiger partial charge >= 0.3 is 6.03 Å². The number of urea groups is 1. The van der Waals surface area contributed by atoms with Gasteiger partial charge in [0, 0.05) is 44.2 Å². The summed E-state index contributed by atoms with van der Waals surface area (Å²) in [4.78, 5) is 16.3. The van der Waals surface area contributed by atoms with Crippen molar-refractivity contribution in [1.29, 1.82) is 0 Å². The summed E-state index contributed by atoms with van der Waals surface area (Å²) in [5.41, 5.74) is 0. The van der Waals surface area contributed by atoms with Gasteiger partial charge < -0.3 is 15.1 Å². The molecule has 0 aliphatic carbocycles. The van der Waals surface area contributed by atoms with Gasteiger partial charge in [-0.05, 0) is 25.3 Å². The van der Waals surface area contributed by atoms with Crippen molar-refractivity contribution >= 4 is 17.8 Å². The standard InChI is InChI=1S/C13H25N3OS/c1-12-3-2-5-15(11-12)6-4-14-13(17)16-7-9-18-10-8-16/h12H,2-11H2,1H3,(H,14,17). The number of carbonyl (C=O) groups is 1. The zero-order chi connectivity index (χ0) is 12.8. The fraction of sp³-hybridized carbons (Fsp3) is 0.923. The summed E-state index contributed by atoms with van der Waals surface area (Å²) in [6.45, 7) is 8.29. The summed E-state index contributed by atoms with van der Waals surface area (Å²) < 4.78 is 0. The summed E-state index contributed by atoms with van der Waals surface area (Å²) in [5, 5.41) is 3.05. The number of rotatable bonds is 3. The maximum absolute atomic E-state index is 11.9. The Bertz CT molecular complexity index is 269. The molecule has 1 N–H and O–H groups in total. The van der Waals surface area contributed by atoms with Gasteiger partial charge in [-0.2, -0.15) is 11.8 Å². The van der Waals surface area contributed by atoms with Crippen LogP contribution in [0.4, 0.5) is 4.79 Å². The van der Waals surface area contributed by atoms with Gasteiger partial charge in [0.05, 0.1) is 0 Å². The van der Waals surface area contributed by atoms with Crippen LogP contribution in [-0.2, 0) is 0 Å². The van der Waals surface area contributed by atoms with Crippen LogP contribution in [-0.4, -0.2) is 66.6 Å². The Kier molecular flexibility index (Phi) is 5.63. The van der Waals surface area contributed by atoms with Crippen LogP contribution in [0.3, 0.4) is 0 Å². The molecule has 2 fully saturated rings. The molecule has 0 aromatic rings. The third-order valence-electron chi connectivity index (χ3n) is 3.74. The third kappa shape index (κ3) is 4.35. The quantitative estimate of drug-likeness (QED) is 0.844. The molecule has 18 heavy (non-hydrogen) atoms. The van der Waals surface area contributed by atoms with E-state index in [1.54, 1.807) is 0 Å². The zero-order valence-electron chi connectivity index (χ0n) is 11.4. The molecule has 104 valence electrons. The molecule has 0 bridgehead atoms. The van der Waals surface area contributed by atoms with Crippen molar-refractivity contribution in [2.75, 3.05) is 50.8 Å². The van der Waals surface area contributed by atoms with E-state index in [-0.39, 0.29) is 6.03 Å². The van der Waals surface area contributed by atoms with Gasteiger partial charge in [-0.1, -0.05) is 6.92 Å². The summed E-state index contributed by atoms with van der Waals surface area (Å²) >= 11 is 1.93. The monoisotopic (exact) mass is 271 g/mol. The number of carbonyl (C=O) groups excluding carboxylic acids is 1. The largest absolute Gasteiger partial charge is 0.337 e. The second-order valence-electron chi connectivity index (χ2n) is 5.38. The lowest BCUT2D eigenvalue weighted by atomic mass is 10.0. The molecule has 0 aromatic heterocycles. The fourth-order valence-corrected chi connectivity index (χ4v) is 3.59. The highest BCUT2D eigenvalue weighted by atomic mass is 32.2. The van der Waals surface area contributed by atoms with Crippen molar-refractivity contribution in [2.45, 2.75) is 19.8 Å². The van der Waals surface area contributed by atoms with E-state index < -0.39 is 0 Å². The summed E-state index contributed by atoms with van der Waals surface area (Å²) in [7, 11) is 0. The second-order valence-corrected chi connectivity index (χ2v) is 6.60. The lowest BCUT2D eigenvalue weighted by molar-refractivity contribution is 0.177. The van der Waals surface area contributed by atoms with E-state index in [1.165, 1.54) is 25.9 Å². The minimum absolute atomic E-state index is 0.125. The molecule has 2 amide bonds. The third-order valence-corrected chi connectivity index (χ3v) is 4.69. The first-order valence-electron chi connectivity index (χ1n) is 7.08. The van der Waals surface area contributed by atoms with Crippen molar-refractivity contribution in [1.82, 2.24) is 15.1 Å². The van der Waals surface area contributed by atoms with Crippen LogP contribution in [0.15, 0.2) is 0 Å². The highest BCUT2D eigenvalue weighted by molar-refractivity contribution is 7.99. The summed E-state index contributed by atoms with van der Waals surface area (Å²) in [5.74, 6) is 2.97. The SMILES string of the molecule is CC1CCCN(CCNC(=O)N2CCSCC2)C1. The predicted octanol–water partition coefficient (Wildman–Crippen LogP) is 1.48.